The van der Waals surface area contributed by atoms with Crippen LogP contribution in [0.3, 0.4) is 0 Å². The number of hydrogen-bond donors (Lipinski definition) is 1. The Kier molecular flexibility index (Phi) is 5.29. The second kappa shape index (κ2) is 6.53. The molecule has 1 rings (SSSR count). The van der Waals surface area contributed by atoms with Gasteiger partial charge in [0.25, 0.3) is 0 Å². The third-order valence-electron chi connectivity index (χ3n) is 2.46. The van der Waals surface area contributed by atoms with E-state index < -0.39 is 23.9 Å². The van der Waals surface area contributed by atoms with Crippen molar-refractivity contribution in [3.8, 4) is 0 Å². The molecule has 0 saturated carbocycles. The molecule has 5 nitrogen and oxygen atoms in total. The molecule has 0 aliphatic carbocycles. The highest BCUT2D eigenvalue weighted by Gasteiger charge is 2.33. The van der Waals surface area contributed by atoms with Crippen molar-refractivity contribution >= 4 is 11.8 Å². The SMILES string of the molecule is COC(=O)[C@H](CC(C)C)Nc1cnc(C(F)(F)F)cn1. The predicted octanol–water partition coefficient (Wildman–Crippen LogP) is 2.50. The van der Waals surface area contributed by atoms with E-state index in [4.69, 9.17) is 0 Å². The third kappa shape index (κ3) is 4.67. The van der Waals surface area contributed by atoms with Crippen molar-refractivity contribution in [2.45, 2.75) is 32.5 Å². The fraction of sp³-hybridized carbons (Fsp3) is 0.583. The lowest BCUT2D eigenvalue weighted by atomic mass is 10.0. The number of rotatable bonds is 5. The van der Waals surface area contributed by atoms with E-state index in [0.29, 0.717) is 12.6 Å². The number of anilines is 1. The van der Waals surface area contributed by atoms with Gasteiger partial charge in [-0.1, -0.05) is 13.8 Å². The highest BCUT2D eigenvalue weighted by molar-refractivity contribution is 5.78. The molecule has 112 valence electrons. The van der Waals surface area contributed by atoms with E-state index in [-0.39, 0.29) is 11.7 Å². The molecule has 8 heteroatoms. The van der Waals surface area contributed by atoms with Crippen LogP contribution in [0.25, 0.3) is 0 Å². The topological polar surface area (TPSA) is 64.1 Å². The van der Waals surface area contributed by atoms with Gasteiger partial charge >= 0.3 is 12.1 Å². The van der Waals surface area contributed by atoms with E-state index in [0.717, 1.165) is 6.20 Å². The standard InChI is InChI=1S/C12H16F3N3O2/c1-7(2)4-8(11(19)20-3)18-10-6-16-9(5-17-10)12(13,14)15/h5-8H,4H2,1-3H3,(H,17,18)/t8-/m0/s1. The normalized spacial score (nSPS) is 13.2. The Labute approximate surface area is 114 Å². The Bertz CT molecular complexity index is 446. The maximum atomic E-state index is 12.3. The minimum Gasteiger partial charge on any atom is -0.467 e. The van der Waals surface area contributed by atoms with Crippen molar-refractivity contribution in [2.24, 2.45) is 5.92 Å². The van der Waals surface area contributed by atoms with Crippen molar-refractivity contribution in [2.75, 3.05) is 12.4 Å². The molecule has 1 N–H and O–H groups in total. The summed E-state index contributed by atoms with van der Waals surface area (Å²) in [5.41, 5.74) is -1.08. The Morgan fingerprint density at radius 2 is 2.00 bits per heavy atom. The Balaban J connectivity index is 2.81. The molecule has 1 aromatic rings. The number of aromatic nitrogens is 2. The maximum Gasteiger partial charge on any atom is 0.434 e. The first-order chi connectivity index (χ1) is 9.24. The van der Waals surface area contributed by atoms with Gasteiger partial charge in [-0.05, 0) is 12.3 Å². The van der Waals surface area contributed by atoms with E-state index in [1.165, 1.54) is 7.11 Å². The van der Waals surface area contributed by atoms with Gasteiger partial charge in [0, 0.05) is 0 Å². The zero-order valence-corrected chi connectivity index (χ0v) is 11.4. The Hall–Kier alpha value is -1.86. The Morgan fingerprint density at radius 3 is 2.40 bits per heavy atom. The van der Waals surface area contributed by atoms with Crippen molar-refractivity contribution < 1.29 is 22.7 Å². The van der Waals surface area contributed by atoms with Crippen molar-refractivity contribution in [3.63, 3.8) is 0 Å². The van der Waals surface area contributed by atoms with Gasteiger partial charge in [0.1, 0.15) is 11.9 Å². The van der Waals surface area contributed by atoms with Crippen LogP contribution in [0.1, 0.15) is 26.0 Å². The van der Waals surface area contributed by atoms with Crippen LogP contribution in [0.15, 0.2) is 12.4 Å². The average molecular weight is 291 g/mol. The quantitative estimate of drug-likeness (QED) is 0.844. The summed E-state index contributed by atoms with van der Waals surface area (Å²) in [4.78, 5) is 18.4. The lowest BCUT2D eigenvalue weighted by Crippen LogP contribution is -2.32. The smallest absolute Gasteiger partial charge is 0.434 e. The van der Waals surface area contributed by atoms with Crippen LogP contribution in [0, 0.1) is 5.92 Å². The summed E-state index contributed by atoms with van der Waals surface area (Å²) < 4.78 is 41.7. The molecule has 0 aliphatic heterocycles. The summed E-state index contributed by atoms with van der Waals surface area (Å²) in [6, 6.07) is -0.675. The van der Waals surface area contributed by atoms with Gasteiger partial charge in [-0.2, -0.15) is 13.2 Å². The number of ether oxygens (including phenoxy) is 1. The molecule has 0 unspecified atom stereocenters. The summed E-state index contributed by atoms with van der Waals surface area (Å²) in [5.74, 6) is -0.205. The summed E-state index contributed by atoms with van der Waals surface area (Å²) in [6.45, 7) is 3.83. The number of halogens is 3. The fourth-order valence-electron chi connectivity index (χ4n) is 1.56. The minimum absolute atomic E-state index is 0.0917. The highest BCUT2D eigenvalue weighted by atomic mass is 19.4. The zero-order chi connectivity index (χ0) is 15.3. The molecule has 0 spiro atoms. The monoisotopic (exact) mass is 291 g/mol. The fourth-order valence-corrected chi connectivity index (χ4v) is 1.56. The Morgan fingerprint density at radius 1 is 1.35 bits per heavy atom. The zero-order valence-electron chi connectivity index (χ0n) is 11.4. The van der Waals surface area contributed by atoms with Crippen molar-refractivity contribution in [1.29, 1.82) is 0 Å². The van der Waals surface area contributed by atoms with E-state index >= 15 is 0 Å². The van der Waals surface area contributed by atoms with Crippen LogP contribution >= 0.6 is 0 Å². The number of hydrogen-bond acceptors (Lipinski definition) is 5. The van der Waals surface area contributed by atoms with Gasteiger partial charge in [0.15, 0.2) is 5.69 Å². The van der Waals surface area contributed by atoms with Gasteiger partial charge in [-0.15, -0.1) is 0 Å². The van der Waals surface area contributed by atoms with Gasteiger partial charge < -0.3 is 10.1 Å². The molecule has 20 heavy (non-hydrogen) atoms. The van der Waals surface area contributed by atoms with E-state index in [1.54, 1.807) is 0 Å². The maximum absolute atomic E-state index is 12.3. The summed E-state index contributed by atoms with van der Waals surface area (Å²) in [7, 11) is 1.25. The van der Waals surface area contributed by atoms with Crippen LogP contribution in [0.4, 0.5) is 19.0 Å². The first kappa shape index (κ1) is 16.2. The summed E-state index contributed by atoms with van der Waals surface area (Å²) in [6.07, 6.45) is -2.51. The summed E-state index contributed by atoms with van der Waals surface area (Å²) >= 11 is 0. The van der Waals surface area contributed by atoms with E-state index in [2.05, 4.69) is 20.0 Å². The molecular formula is C12H16F3N3O2. The lowest BCUT2D eigenvalue weighted by molar-refractivity contribution is -0.142. The lowest BCUT2D eigenvalue weighted by Gasteiger charge is -2.18. The van der Waals surface area contributed by atoms with Gasteiger partial charge in [0.05, 0.1) is 19.5 Å². The first-order valence-electron chi connectivity index (χ1n) is 5.97. The molecule has 0 bridgehead atoms. The van der Waals surface area contributed by atoms with Crippen LogP contribution < -0.4 is 5.32 Å². The summed E-state index contributed by atoms with van der Waals surface area (Å²) in [5, 5.41) is 2.72. The highest BCUT2D eigenvalue weighted by Crippen LogP contribution is 2.27. The second-order valence-electron chi connectivity index (χ2n) is 4.63. The third-order valence-corrected chi connectivity index (χ3v) is 2.46. The number of carbonyl (C=O) groups excluding carboxylic acids is 1. The molecule has 0 saturated heterocycles. The van der Waals surface area contributed by atoms with Crippen LogP contribution in [0.2, 0.25) is 0 Å². The van der Waals surface area contributed by atoms with Crippen LogP contribution in [0.5, 0.6) is 0 Å². The number of nitrogens with zero attached hydrogens (tertiary/aromatic N) is 2. The van der Waals surface area contributed by atoms with E-state index in [9.17, 15) is 18.0 Å². The van der Waals surface area contributed by atoms with Crippen LogP contribution in [-0.2, 0) is 15.7 Å². The molecule has 0 fully saturated rings. The first-order valence-corrected chi connectivity index (χ1v) is 5.97. The number of esters is 1. The molecule has 1 aromatic heterocycles. The predicted molar refractivity (Wildman–Crippen MR) is 65.9 cm³/mol. The molecule has 1 heterocycles. The number of alkyl halides is 3. The molecule has 0 aromatic carbocycles. The molecule has 0 radical (unpaired) electrons. The largest absolute Gasteiger partial charge is 0.467 e. The van der Waals surface area contributed by atoms with Crippen molar-refractivity contribution in [3.05, 3.63) is 18.1 Å². The molecule has 0 aliphatic rings. The molecule has 1 atom stereocenters. The van der Waals surface area contributed by atoms with Crippen LogP contribution in [-0.4, -0.2) is 29.1 Å². The number of carbonyl (C=O) groups is 1. The second-order valence-corrected chi connectivity index (χ2v) is 4.63. The average Bonchev–Trinajstić information content (AvgIpc) is 2.36. The number of methoxy groups -OCH3 is 1. The molecule has 0 amide bonds. The molecular weight excluding hydrogens is 275 g/mol. The van der Waals surface area contributed by atoms with E-state index in [1.807, 2.05) is 13.8 Å². The van der Waals surface area contributed by atoms with Gasteiger partial charge in [-0.25, -0.2) is 14.8 Å². The van der Waals surface area contributed by atoms with Crippen molar-refractivity contribution in [1.82, 2.24) is 9.97 Å². The number of nitrogens with one attached hydrogen (secondary N) is 1. The van der Waals surface area contributed by atoms with Gasteiger partial charge in [-0.3, -0.25) is 0 Å². The minimum atomic E-state index is -4.54. The van der Waals surface area contributed by atoms with Gasteiger partial charge in [0.2, 0.25) is 0 Å².